The molecule has 0 aromatic carbocycles. The van der Waals surface area contributed by atoms with Crippen molar-refractivity contribution in [1.82, 2.24) is 0 Å². The van der Waals surface area contributed by atoms with E-state index in [-0.39, 0.29) is 0 Å². The predicted molar refractivity (Wildman–Crippen MR) is 62.7 cm³/mol. The van der Waals surface area contributed by atoms with E-state index >= 15 is 0 Å². The molecule has 0 fully saturated rings. The van der Waals surface area contributed by atoms with Crippen molar-refractivity contribution in [2.45, 2.75) is 66.8 Å². The van der Waals surface area contributed by atoms with Gasteiger partial charge in [-0.2, -0.15) is 0 Å². The molecule has 1 atom stereocenters. The molecule has 0 heterocycles. The van der Waals surface area contributed by atoms with E-state index in [1.807, 2.05) is 27.7 Å². The summed E-state index contributed by atoms with van der Waals surface area (Å²) in [6.07, 6.45) is 1.15. The van der Waals surface area contributed by atoms with Crippen LogP contribution in [0, 0.1) is 5.92 Å². The minimum Gasteiger partial charge on any atom is -0.381 e. The van der Waals surface area contributed by atoms with Crippen LogP contribution in [0.25, 0.3) is 0 Å². The van der Waals surface area contributed by atoms with Crippen LogP contribution in [0.15, 0.2) is 0 Å². The fourth-order valence-corrected chi connectivity index (χ4v) is 0.816. The second kappa shape index (κ2) is 9.47. The van der Waals surface area contributed by atoms with Gasteiger partial charge in [-0.3, -0.25) is 0 Å². The second-order valence-electron chi connectivity index (χ2n) is 4.42. The fourth-order valence-electron chi connectivity index (χ4n) is 0.816. The van der Waals surface area contributed by atoms with Crippen molar-refractivity contribution in [2.75, 3.05) is 7.11 Å². The highest BCUT2D eigenvalue weighted by molar-refractivity contribution is 4.51. The van der Waals surface area contributed by atoms with Crippen molar-refractivity contribution < 1.29 is 9.47 Å². The molecule has 0 aliphatic heterocycles. The summed E-state index contributed by atoms with van der Waals surface area (Å²) < 4.78 is 10.3. The number of hydrogen-bond donors (Lipinski definition) is 0. The highest BCUT2D eigenvalue weighted by atomic mass is 16.5. The Morgan fingerprint density at radius 1 is 0.714 bits per heavy atom. The highest BCUT2D eigenvalue weighted by Gasteiger charge is 2.01. The maximum absolute atomic E-state index is 5.25. The van der Waals surface area contributed by atoms with E-state index in [4.69, 9.17) is 9.47 Å². The molecule has 0 saturated carbocycles. The van der Waals surface area contributed by atoms with E-state index in [9.17, 15) is 0 Å². The number of methoxy groups -OCH3 is 1. The molecule has 0 aliphatic carbocycles. The molecule has 0 radical (unpaired) electrons. The first-order chi connectivity index (χ1) is 6.31. The molecule has 0 amide bonds. The molecular formula is C12H28O2. The summed E-state index contributed by atoms with van der Waals surface area (Å²) in [4.78, 5) is 0. The van der Waals surface area contributed by atoms with Crippen molar-refractivity contribution in [1.29, 1.82) is 0 Å². The Kier molecular flexibility index (Phi) is 11.1. The van der Waals surface area contributed by atoms with E-state index in [1.165, 1.54) is 0 Å². The second-order valence-corrected chi connectivity index (χ2v) is 4.42. The zero-order chi connectivity index (χ0) is 11.7. The third-order valence-electron chi connectivity index (χ3n) is 1.85. The molecule has 0 bridgehead atoms. The molecule has 88 valence electrons. The first-order valence-corrected chi connectivity index (χ1v) is 5.49. The third kappa shape index (κ3) is 14.4. The van der Waals surface area contributed by atoms with Crippen LogP contribution in [0.3, 0.4) is 0 Å². The van der Waals surface area contributed by atoms with Gasteiger partial charge in [0.1, 0.15) is 0 Å². The Balaban J connectivity index is 0. The Labute approximate surface area is 90.0 Å². The fraction of sp³-hybridized carbons (Fsp3) is 1.00. The lowest BCUT2D eigenvalue weighted by Gasteiger charge is -2.11. The molecule has 0 saturated heterocycles. The lowest BCUT2D eigenvalue weighted by atomic mass is 10.1. The molecule has 0 aromatic rings. The van der Waals surface area contributed by atoms with Gasteiger partial charge in [-0.1, -0.05) is 13.8 Å². The van der Waals surface area contributed by atoms with Crippen molar-refractivity contribution in [2.24, 2.45) is 5.92 Å². The van der Waals surface area contributed by atoms with Gasteiger partial charge >= 0.3 is 0 Å². The van der Waals surface area contributed by atoms with Gasteiger partial charge < -0.3 is 9.47 Å². The van der Waals surface area contributed by atoms with E-state index in [2.05, 4.69) is 20.8 Å². The number of ether oxygens (including phenoxy) is 2. The lowest BCUT2D eigenvalue weighted by Crippen LogP contribution is -2.11. The van der Waals surface area contributed by atoms with Gasteiger partial charge in [0.25, 0.3) is 0 Å². The van der Waals surface area contributed by atoms with E-state index in [1.54, 1.807) is 7.11 Å². The smallest absolute Gasteiger partial charge is 0.0566 e. The van der Waals surface area contributed by atoms with Crippen molar-refractivity contribution in [3.05, 3.63) is 0 Å². The summed E-state index contributed by atoms with van der Waals surface area (Å²) in [6.45, 7) is 14.5. The molecule has 0 rings (SSSR count). The summed E-state index contributed by atoms with van der Waals surface area (Å²) in [5, 5.41) is 0. The molecule has 2 heteroatoms. The Bertz CT molecular complexity index is 103. The van der Waals surface area contributed by atoms with Gasteiger partial charge in [0.2, 0.25) is 0 Å². The summed E-state index contributed by atoms with van der Waals surface area (Å²) in [5.74, 6) is 0.644. The maximum atomic E-state index is 5.25. The van der Waals surface area contributed by atoms with Crippen LogP contribution >= 0.6 is 0 Å². The van der Waals surface area contributed by atoms with Crippen LogP contribution < -0.4 is 0 Å². The molecule has 0 spiro atoms. The topological polar surface area (TPSA) is 18.5 Å². The van der Waals surface area contributed by atoms with Gasteiger partial charge in [0.05, 0.1) is 18.3 Å². The van der Waals surface area contributed by atoms with Crippen molar-refractivity contribution >= 4 is 0 Å². The molecule has 14 heavy (non-hydrogen) atoms. The number of rotatable bonds is 4. The first kappa shape index (κ1) is 16.4. The molecule has 0 aliphatic rings. The minimum atomic E-state index is 0.375. The largest absolute Gasteiger partial charge is 0.381 e. The van der Waals surface area contributed by atoms with E-state index in [0.717, 1.165) is 0 Å². The van der Waals surface area contributed by atoms with Crippen molar-refractivity contribution in [3.8, 4) is 0 Å². The highest BCUT2D eigenvalue weighted by Crippen LogP contribution is 2.01. The van der Waals surface area contributed by atoms with Crippen LogP contribution in [0.1, 0.15) is 48.5 Å². The summed E-state index contributed by atoms with van der Waals surface area (Å²) >= 11 is 0. The zero-order valence-corrected chi connectivity index (χ0v) is 11.1. The molecule has 0 N–H and O–H groups in total. The van der Waals surface area contributed by atoms with Gasteiger partial charge in [0.15, 0.2) is 0 Å². The van der Waals surface area contributed by atoms with E-state index < -0.39 is 0 Å². The molecule has 0 aromatic heterocycles. The summed E-state index contributed by atoms with van der Waals surface area (Å²) in [5.41, 5.74) is 0. The standard InChI is InChI=1S/2C6H14O/c1-5(2)6(3)7-4;1-5(2)7-6(3)4/h2*5-6H,1-4H3. The normalized spacial score (nSPS) is 13.1. The van der Waals surface area contributed by atoms with Crippen LogP contribution in [0.2, 0.25) is 0 Å². The summed E-state index contributed by atoms with van der Waals surface area (Å²) in [6, 6.07) is 0. The minimum absolute atomic E-state index is 0.375. The average Bonchev–Trinajstić information content (AvgIpc) is 2.01. The van der Waals surface area contributed by atoms with Crippen LogP contribution in [-0.2, 0) is 9.47 Å². The van der Waals surface area contributed by atoms with Gasteiger partial charge in [-0.25, -0.2) is 0 Å². The third-order valence-corrected chi connectivity index (χ3v) is 1.85. The quantitative estimate of drug-likeness (QED) is 0.698. The Morgan fingerprint density at radius 3 is 1.07 bits per heavy atom. The number of hydrogen-bond acceptors (Lipinski definition) is 2. The monoisotopic (exact) mass is 204 g/mol. The van der Waals surface area contributed by atoms with Crippen LogP contribution in [0.4, 0.5) is 0 Å². The molecule has 1 unspecified atom stereocenters. The Morgan fingerprint density at radius 2 is 1.07 bits per heavy atom. The van der Waals surface area contributed by atoms with Crippen molar-refractivity contribution in [3.63, 3.8) is 0 Å². The summed E-state index contributed by atoms with van der Waals surface area (Å²) in [7, 11) is 1.74. The zero-order valence-electron chi connectivity index (χ0n) is 11.1. The molecule has 2 nitrogen and oxygen atoms in total. The first-order valence-electron chi connectivity index (χ1n) is 5.49. The SMILES string of the molecule is CC(C)OC(C)C.COC(C)C(C)C. The predicted octanol–water partition coefficient (Wildman–Crippen LogP) is 3.50. The average molecular weight is 204 g/mol. The lowest BCUT2D eigenvalue weighted by molar-refractivity contribution is 0.0300. The maximum Gasteiger partial charge on any atom is 0.0566 e. The molecular weight excluding hydrogens is 176 g/mol. The van der Waals surface area contributed by atoms with Crippen LogP contribution in [-0.4, -0.2) is 25.4 Å². The Hall–Kier alpha value is -0.0800. The van der Waals surface area contributed by atoms with Gasteiger partial charge in [0, 0.05) is 7.11 Å². The van der Waals surface area contributed by atoms with Gasteiger partial charge in [-0.15, -0.1) is 0 Å². The van der Waals surface area contributed by atoms with Crippen LogP contribution in [0.5, 0.6) is 0 Å². The van der Waals surface area contributed by atoms with E-state index in [0.29, 0.717) is 24.2 Å². The van der Waals surface area contributed by atoms with Gasteiger partial charge in [-0.05, 0) is 40.5 Å².